The Morgan fingerprint density at radius 1 is 1.39 bits per heavy atom. The Kier molecular flexibility index (Phi) is 4.30. The molecule has 92 valence electrons. The van der Waals surface area contributed by atoms with E-state index in [-0.39, 0.29) is 5.91 Å². The lowest BCUT2D eigenvalue weighted by atomic mass is 10.1. The molecule has 18 heavy (non-hydrogen) atoms. The van der Waals surface area contributed by atoms with Gasteiger partial charge in [0.05, 0.1) is 6.20 Å². The molecule has 0 unspecified atom stereocenters. The zero-order valence-corrected chi connectivity index (χ0v) is 10.8. The molecule has 4 nitrogen and oxygen atoms in total. The Balaban J connectivity index is 2.04. The van der Waals surface area contributed by atoms with Crippen molar-refractivity contribution in [1.29, 1.82) is 0 Å². The quantitative estimate of drug-likeness (QED) is 0.855. The Morgan fingerprint density at radius 3 is 3.00 bits per heavy atom. The van der Waals surface area contributed by atoms with Gasteiger partial charge in [0.25, 0.3) is 5.91 Å². The van der Waals surface area contributed by atoms with Crippen LogP contribution in [0.25, 0.3) is 0 Å². The molecule has 0 saturated carbocycles. The van der Waals surface area contributed by atoms with Crippen molar-refractivity contribution >= 4 is 17.7 Å². The average molecular weight is 259 g/mol. The first-order chi connectivity index (χ1) is 8.79. The van der Waals surface area contributed by atoms with Crippen molar-refractivity contribution in [2.24, 2.45) is 0 Å². The predicted octanol–water partition coefficient (Wildman–Crippen LogP) is 2.13. The largest absolute Gasteiger partial charge is 0.355 e. The summed E-state index contributed by atoms with van der Waals surface area (Å²) < 4.78 is 0. The van der Waals surface area contributed by atoms with Gasteiger partial charge in [0.15, 0.2) is 0 Å². The van der Waals surface area contributed by atoms with Crippen LogP contribution in [0.3, 0.4) is 0 Å². The Hall–Kier alpha value is -1.88. The Bertz CT molecular complexity index is 531. The maximum absolute atomic E-state index is 11.5. The van der Waals surface area contributed by atoms with E-state index in [1.807, 2.05) is 18.2 Å². The molecular formula is C13H13N3OS. The van der Waals surface area contributed by atoms with Gasteiger partial charge in [-0.15, -0.1) is 11.8 Å². The molecule has 1 heterocycles. The van der Waals surface area contributed by atoms with Crippen LogP contribution in [0.5, 0.6) is 0 Å². The van der Waals surface area contributed by atoms with Crippen LogP contribution in [0, 0.1) is 0 Å². The summed E-state index contributed by atoms with van der Waals surface area (Å²) in [4.78, 5) is 19.7. The van der Waals surface area contributed by atoms with Crippen LogP contribution in [0.1, 0.15) is 15.9 Å². The van der Waals surface area contributed by atoms with Crippen molar-refractivity contribution in [1.82, 2.24) is 15.3 Å². The molecule has 0 atom stereocenters. The summed E-state index contributed by atoms with van der Waals surface area (Å²) in [5.41, 5.74) is 1.77. The van der Waals surface area contributed by atoms with E-state index in [0.29, 0.717) is 5.56 Å². The molecule has 1 amide bonds. The molecule has 2 rings (SSSR count). The highest BCUT2D eigenvalue weighted by Crippen LogP contribution is 2.20. The van der Waals surface area contributed by atoms with Gasteiger partial charge in [-0.2, -0.15) is 0 Å². The van der Waals surface area contributed by atoms with Gasteiger partial charge in [-0.05, 0) is 17.7 Å². The number of hydrogen-bond acceptors (Lipinski definition) is 4. The van der Waals surface area contributed by atoms with Gasteiger partial charge in [-0.1, -0.05) is 12.1 Å². The highest BCUT2D eigenvalue weighted by Gasteiger charge is 2.04. The van der Waals surface area contributed by atoms with Crippen molar-refractivity contribution in [3.63, 3.8) is 0 Å². The number of carbonyl (C=O) groups is 1. The molecule has 0 aliphatic carbocycles. The number of thioether (sulfide) groups is 1. The van der Waals surface area contributed by atoms with E-state index in [0.717, 1.165) is 16.3 Å². The summed E-state index contributed by atoms with van der Waals surface area (Å²) in [6.07, 6.45) is 5.05. The van der Waals surface area contributed by atoms with Crippen LogP contribution in [0.15, 0.2) is 47.9 Å². The monoisotopic (exact) mass is 259 g/mol. The fraction of sp³-hybridized carbons (Fsp3) is 0.154. The van der Waals surface area contributed by atoms with Crippen LogP contribution >= 0.6 is 11.8 Å². The van der Waals surface area contributed by atoms with E-state index < -0.39 is 0 Å². The van der Waals surface area contributed by atoms with Gasteiger partial charge < -0.3 is 5.32 Å². The van der Waals surface area contributed by atoms with Gasteiger partial charge in [0, 0.05) is 30.8 Å². The zero-order valence-electron chi connectivity index (χ0n) is 9.96. The molecule has 0 bridgehead atoms. The number of rotatable bonds is 4. The van der Waals surface area contributed by atoms with Gasteiger partial charge in [-0.25, -0.2) is 4.98 Å². The third-order valence-electron chi connectivity index (χ3n) is 2.34. The van der Waals surface area contributed by atoms with Crippen LogP contribution in [0.4, 0.5) is 0 Å². The summed E-state index contributed by atoms with van der Waals surface area (Å²) in [5.74, 6) is 0.699. The lowest BCUT2D eigenvalue weighted by Gasteiger charge is -2.04. The molecule has 0 aliphatic heterocycles. The highest BCUT2D eigenvalue weighted by atomic mass is 32.2. The first kappa shape index (κ1) is 12.6. The lowest BCUT2D eigenvalue weighted by Crippen LogP contribution is -2.17. The second-order valence-electron chi connectivity index (χ2n) is 3.61. The summed E-state index contributed by atoms with van der Waals surface area (Å²) in [7, 11) is 1.63. The minimum absolute atomic E-state index is 0.0682. The molecule has 0 fully saturated rings. The topological polar surface area (TPSA) is 54.9 Å². The molecule has 5 heteroatoms. The van der Waals surface area contributed by atoms with Crippen LogP contribution in [-0.4, -0.2) is 22.9 Å². The van der Waals surface area contributed by atoms with Gasteiger partial charge in [0.2, 0.25) is 0 Å². The molecule has 0 saturated heterocycles. The lowest BCUT2D eigenvalue weighted by molar-refractivity contribution is 0.0963. The average Bonchev–Trinajstić information content (AvgIpc) is 2.45. The highest BCUT2D eigenvalue weighted by molar-refractivity contribution is 7.98. The maximum Gasteiger partial charge on any atom is 0.251 e. The van der Waals surface area contributed by atoms with Crippen molar-refractivity contribution in [2.45, 2.75) is 10.8 Å². The number of nitrogens with zero attached hydrogens (tertiary/aromatic N) is 2. The second-order valence-corrected chi connectivity index (χ2v) is 4.61. The summed E-state index contributed by atoms with van der Waals surface area (Å²) >= 11 is 1.60. The first-order valence-corrected chi connectivity index (χ1v) is 6.48. The summed E-state index contributed by atoms with van der Waals surface area (Å²) in [5, 5.41) is 3.49. The van der Waals surface area contributed by atoms with Crippen LogP contribution < -0.4 is 5.32 Å². The molecule has 2 aromatic rings. The smallest absolute Gasteiger partial charge is 0.251 e. The van der Waals surface area contributed by atoms with Crippen molar-refractivity contribution in [2.75, 3.05) is 7.05 Å². The van der Waals surface area contributed by atoms with E-state index >= 15 is 0 Å². The van der Waals surface area contributed by atoms with Crippen LogP contribution in [-0.2, 0) is 5.75 Å². The zero-order chi connectivity index (χ0) is 12.8. The minimum Gasteiger partial charge on any atom is -0.355 e. The fourth-order valence-corrected chi connectivity index (χ4v) is 2.23. The molecule has 1 aromatic heterocycles. The van der Waals surface area contributed by atoms with E-state index in [2.05, 4.69) is 15.3 Å². The summed E-state index contributed by atoms with van der Waals surface area (Å²) in [6.45, 7) is 0. The SMILES string of the molecule is CNC(=O)c1cccc(CSc2cnccn2)c1. The minimum atomic E-state index is -0.0682. The number of hydrogen-bond donors (Lipinski definition) is 1. The van der Waals surface area contributed by atoms with E-state index in [1.165, 1.54) is 0 Å². The molecular weight excluding hydrogens is 246 g/mol. The number of amides is 1. The van der Waals surface area contributed by atoms with E-state index in [4.69, 9.17) is 0 Å². The molecule has 1 N–H and O–H groups in total. The van der Waals surface area contributed by atoms with E-state index in [9.17, 15) is 4.79 Å². The van der Waals surface area contributed by atoms with Crippen molar-refractivity contribution in [3.05, 3.63) is 54.0 Å². The number of benzene rings is 1. The van der Waals surface area contributed by atoms with E-state index in [1.54, 1.807) is 43.5 Å². The van der Waals surface area contributed by atoms with Crippen LogP contribution in [0.2, 0.25) is 0 Å². The normalized spacial score (nSPS) is 10.1. The summed E-state index contributed by atoms with van der Waals surface area (Å²) in [6, 6.07) is 7.57. The molecule has 0 radical (unpaired) electrons. The first-order valence-electron chi connectivity index (χ1n) is 5.49. The third-order valence-corrected chi connectivity index (χ3v) is 3.33. The van der Waals surface area contributed by atoms with Gasteiger partial charge in [0.1, 0.15) is 5.03 Å². The molecule has 1 aromatic carbocycles. The maximum atomic E-state index is 11.5. The fourth-order valence-electron chi connectivity index (χ4n) is 1.46. The third kappa shape index (κ3) is 3.30. The number of nitrogens with one attached hydrogen (secondary N) is 1. The number of carbonyl (C=O) groups excluding carboxylic acids is 1. The van der Waals surface area contributed by atoms with Gasteiger partial charge in [-0.3, -0.25) is 9.78 Å². The predicted molar refractivity (Wildman–Crippen MR) is 71.4 cm³/mol. The second kappa shape index (κ2) is 6.16. The number of aromatic nitrogens is 2. The Labute approximate surface area is 110 Å². The standard InChI is InChI=1S/C13H13N3OS/c1-14-13(17)11-4-2-3-10(7-11)9-18-12-8-15-5-6-16-12/h2-8H,9H2,1H3,(H,14,17). The molecule has 0 aliphatic rings. The van der Waals surface area contributed by atoms with Gasteiger partial charge >= 0.3 is 0 Å². The molecule has 0 spiro atoms. The van der Waals surface area contributed by atoms with Crippen molar-refractivity contribution < 1.29 is 4.79 Å². The Morgan fingerprint density at radius 2 is 2.28 bits per heavy atom. The van der Waals surface area contributed by atoms with Crippen molar-refractivity contribution in [3.8, 4) is 0 Å².